The lowest BCUT2D eigenvalue weighted by molar-refractivity contribution is -0.152. The van der Waals surface area contributed by atoms with Crippen molar-refractivity contribution in [2.24, 2.45) is 5.92 Å². The molecule has 0 aromatic heterocycles. The zero-order valence-electron chi connectivity index (χ0n) is 16.2. The van der Waals surface area contributed by atoms with Gasteiger partial charge in [-0.15, -0.1) is 0 Å². The molecule has 2 amide bonds. The molecule has 0 radical (unpaired) electrons. The van der Waals surface area contributed by atoms with Gasteiger partial charge in [0.2, 0.25) is 5.91 Å². The summed E-state index contributed by atoms with van der Waals surface area (Å²) in [5.41, 5.74) is 0.649. The number of benzene rings is 1. The third-order valence-electron chi connectivity index (χ3n) is 4.99. The smallest absolute Gasteiger partial charge is 0.311 e. The van der Waals surface area contributed by atoms with Gasteiger partial charge in [0.05, 0.1) is 5.92 Å². The highest BCUT2D eigenvalue weighted by Crippen LogP contribution is 2.36. The highest BCUT2D eigenvalue weighted by atomic mass is 16.6. The molecule has 2 aliphatic heterocycles. The Morgan fingerprint density at radius 1 is 1.21 bits per heavy atom. The molecule has 1 atom stereocenters. The SMILES string of the molecule is CCC(CC)NC(=O)COC(=O)[C@H]1CC(=O)N(c2ccc3c(c2)OCCO3)C1. The van der Waals surface area contributed by atoms with Crippen LogP contribution in [0.3, 0.4) is 0 Å². The van der Waals surface area contributed by atoms with E-state index in [-0.39, 0.29) is 37.4 Å². The number of ether oxygens (including phenoxy) is 3. The van der Waals surface area contributed by atoms with Gasteiger partial charge in [0.1, 0.15) is 13.2 Å². The normalized spacial score (nSPS) is 18.3. The average Bonchev–Trinajstić information content (AvgIpc) is 3.11. The summed E-state index contributed by atoms with van der Waals surface area (Å²) < 4.78 is 16.2. The van der Waals surface area contributed by atoms with Crippen molar-refractivity contribution in [2.45, 2.75) is 39.2 Å². The number of carbonyl (C=O) groups excluding carboxylic acids is 3. The zero-order valence-corrected chi connectivity index (χ0v) is 16.2. The summed E-state index contributed by atoms with van der Waals surface area (Å²) in [7, 11) is 0. The maximum atomic E-state index is 12.4. The third-order valence-corrected chi connectivity index (χ3v) is 4.99. The summed E-state index contributed by atoms with van der Waals surface area (Å²) in [6.07, 6.45) is 1.69. The van der Waals surface area contributed by atoms with Crippen LogP contribution in [0.5, 0.6) is 11.5 Å². The lowest BCUT2D eigenvalue weighted by atomic mass is 10.1. The molecule has 1 N–H and O–H groups in total. The molecule has 8 heteroatoms. The number of amides is 2. The number of hydrogen-bond acceptors (Lipinski definition) is 6. The average molecular weight is 390 g/mol. The molecule has 1 saturated heterocycles. The van der Waals surface area contributed by atoms with Gasteiger partial charge in [-0.1, -0.05) is 13.8 Å². The lowest BCUT2D eigenvalue weighted by Crippen LogP contribution is -2.37. The molecule has 0 spiro atoms. The van der Waals surface area contributed by atoms with Crippen LogP contribution in [0.2, 0.25) is 0 Å². The van der Waals surface area contributed by atoms with E-state index in [2.05, 4.69) is 5.32 Å². The molecular formula is C20H26N2O6. The van der Waals surface area contributed by atoms with Crippen LogP contribution in [0.15, 0.2) is 18.2 Å². The van der Waals surface area contributed by atoms with E-state index in [1.807, 2.05) is 13.8 Å². The molecule has 2 heterocycles. The van der Waals surface area contributed by atoms with Gasteiger partial charge in [-0.2, -0.15) is 0 Å². The maximum absolute atomic E-state index is 12.4. The topological polar surface area (TPSA) is 94.2 Å². The van der Waals surface area contributed by atoms with Crippen LogP contribution in [0.1, 0.15) is 33.1 Å². The molecule has 28 heavy (non-hydrogen) atoms. The second-order valence-electron chi connectivity index (χ2n) is 6.92. The van der Waals surface area contributed by atoms with Crippen molar-refractivity contribution in [3.05, 3.63) is 18.2 Å². The monoisotopic (exact) mass is 390 g/mol. The van der Waals surface area contributed by atoms with Crippen LogP contribution in [0.4, 0.5) is 5.69 Å². The van der Waals surface area contributed by atoms with Crippen LogP contribution < -0.4 is 19.7 Å². The largest absolute Gasteiger partial charge is 0.486 e. The second-order valence-corrected chi connectivity index (χ2v) is 6.92. The summed E-state index contributed by atoms with van der Waals surface area (Å²) in [6, 6.07) is 5.33. The van der Waals surface area contributed by atoms with E-state index in [1.165, 1.54) is 4.90 Å². The van der Waals surface area contributed by atoms with Gasteiger partial charge in [0.15, 0.2) is 18.1 Å². The van der Waals surface area contributed by atoms with Crippen LogP contribution in [0.25, 0.3) is 0 Å². The van der Waals surface area contributed by atoms with E-state index in [1.54, 1.807) is 18.2 Å². The Bertz CT molecular complexity index is 746. The van der Waals surface area contributed by atoms with Gasteiger partial charge in [-0.05, 0) is 25.0 Å². The van der Waals surface area contributed by atoms with Crippen molar-refractivity contribution in [3.63, 3.8) is 0 Å². The van der Waals surface area contributed by atoms with E-state index in [0.29, 0.717) is 30.4 Å². The number of hydrogen-bond donors (Lipinski definition) is 1. The Balaban J connectivity index is 1.55. The summed E-state index contributed by atoms with van der Waals surface area (Å²) >= 11 is 0. The number of carbonyl (C=O) groups is 3. The van der Waals surface area contributed by atoms with Crippen molar-refractivity contribution in [3.8, 4) is 11.5 Å². The van der Waals surface area contributed by atoms with Gasteiger partial charge >= 0.3 is 5.97 Å². The van der Waals surface area contributed by atoms with Crippen molar-refractivity contribution in [1.82, 2.24) is 5.32 Å². The van der Waals surface area contributed by atoms with Gasteiger partial charge < -0.3 is 24.4 Å². The molecule has 0 bridgehead atoms. The van der Waals surface area contributed by atoms with Gasteiger partial charge in [-0.3, -0.25) is 14.4 Å². The van der Waals surface area contributed by atoms with Gasteiger partial charge in [0.25, 0.3) is 5.91 Å². The minimum Gasteiger partial charge on any atom is -0.486 e. The van der Waals surface area contributed by atoms with Crippen molar-refractivity contribution in [1.29, 1.82) is 0 Å². The van der Waals surface area contributed by atoms with Crippen LogP contribution in [-0.2, 0) is 19.1 Å². The molecule has 1 aromatic carbocycles. The second kappa shape index (κ2) is 8.95. The fraction of sp³-hybridized carbons (Fsp3) is 0.550. The first kappa shape index (κ1) is 20.0. The first-order valence-electron chi connectivity index (χ1n) is 9.67. The van der Waals surface area contributed by atoms with E-state index in [0.717, 1.165) is 12.8 Å². The molecule has 3 rings (SSSR count). The van der Waals surface area contributed by atoms with Gasteiger partial charge in [0, 0.05) is 30.8 Å². The number of nitrogens with zero attached hydrogens (tertiary/aromatic N) is 1. The highest BCUT2D eigenvalue weighted by Gasteiger charge is 2.36. The fourth-order valence-electron chi connectivity index (χ4n) is 3.33. The van der Waals surface area contributed by atoms with Crippen molar-refractivity contribution >= 4 is 23.5 Å². The third kappa shape index (κ3) is 4.55. The molecule has 8 nitrogen and oxygen atoms in total. The molecular weight excluding hydrogens is 364 g/mol. The Morgan fingerprint density at radius 3 is 2.64 bits per heavy atom. The molecule has 2 aliphatic rings. The standard InChI is InChI=1S/C20H26N2O6/c1-3-14(4-2)21-18(23)12-28-20(25)13-9-19(24)22(11-13)15-5-6-16-17(10-15)27-8-7-26-16/h5-6,10,13-14H,3-4,7-9,11-12H2,1-2H3,(H,21,23)/t13-/m0/s1. The first-order chi connectivity index (χ1) is 13.5. The van der Waals surface area contributed by atoms with E-state index in [9.17, 15) is 14.4 Å². The van der Waals surface area contributed by atoms with E-state index >= 15 is 0 Å². The summed E-state index contributed by atoms with van der Waals surface area (Å²) in [4.78, 5) is 38.1. The zero-order chi connectivity index (χ0) is 20.1. The van der Waals surface area contributed by atoms with Gasteiger partial charge in [-0.25, -0.2) is 0 Å². The maximum Gasteiger partial charge on any atom is 0.311 e. The molecule has 1 aromatic rings. The predicted octanol–water partition coefficient (Wildman–Crippen LogP) is 1.66. The number of esters is 1. The summed E-state index contributed by atoms with van der Waals surface area (Å²) in [5, 5.41) is 2.82. The minimum absolute atomic E-state index is 0.0570. The number of nitrogens with one attached hydrogen (secondary N) is 1. The summed E-state index contributed by atoms with van der Waals surface area (Å²) in [6.45, 7) is 4.80. The Labute approximate surface area is 164 Å². The lowest BCUT2D eigenvalue weighted by Gasteiger charge is -2.22. The highest BCUT2D eigenvalue weighted by molar-refractivity contribution is 5.99. The first-order valence-corrected chi connectivity index (χ1v) is 9.67. The van der Waals surface area contributed by atoms with E-state index < -0.39 is 11.9 Å². The van der Waals surface area contributed by atoms with Crippen molar-refractivity contribution in [2.75, 3.05) is 31.3 Å². The number of fused-ring (bicyclic) bond motifs is 1. The molecule has 152 valence electrons. The van der Waals surface area contributed by atoms with Crippen LogP contribution >= 0.6 is 0 Å². The molecule has 0 aliphatic carbocycles. The number of rotatable bonds is 7. The van der Waals surface area contributed by atoms with Crippen LogP contribution in [0, 0.1) is 5.92 Å². The predicted molar refractivity (Wildman–Crippen MR) is 101 cm³/mol. The van der Waals surface area contributed by atoms with Crippen molar-refractivity contribution < 1.29 is 28.6 Å². The number of anilines is 1. The molecule has 0 unspecified atom stereocenters. The Hall–Kier alpha value is -2.77. The molecule has 0 saturated carbocycles. The summed E-state index contributed by atoms with van der Waals surface area (Å²) in [5.74, 6) is -0.397. The fourth-order valence-corrected chi connectivity index (χ4v) is 3.33. The van der Waals surface area contributed by atoms with E-state index in [4.69, 9.17) is 14.2 Å². The molecule has 1 fully saturated rings. The van der Waals surface area contributed by atoms with Crippen LogP contribution in [-0.4, -0.2) is 50.2 Å². The minimum atomic E-state index is -0.596. The quantitative estimate of drug-likeness (QED) is 0.712. The Kier molecular flexibility index (Phi) is 6.38. The Morgan fingerprint density at radius 2 is 1.93 bits per heavy atom.